The van der Waals surface area contributed by atoms with Crippen molar-refractivity contribution >= 4 is 29.3 Å². The first-order chi connectivity index (χ1) is 12.6. The zero-order valence-electron chi connectivity index (χ0n) is 14.3. The Labute approximate surface area is 156 Å². The van der Waals surface area contributed by atoms with Crippen molar-refractivity contribution in [2.45, 2.75) is 13.5 Å². The fraction of sp³-hybridized carbons (Fsp3) is 0.211. The Balaban J connectivity index is 1.67. The van der Waals surface area contributed by atoms with Crippen LogP contribution in [0.25, 0.3) is 0 Å². The number of pyridine rings is 1. The lowest BCUT2D eigenvalue weighted by atomic mass is 10.1. The molecule has 0 radical (unpaired) electrons. The van der Waals surface area contributed by atoms with Gasteiger partial charge in [-0.15, -0.1) is 11.8 Å². The lowest BCUT2D eigenvalue weighted by Gasteiger charge is -2.15. The molecule has 1 aromatic carbocycles. The third-order valence-corrected chi connectivity index (χ3v) is 4.58. The highest BCUT2D eigenvalue weighted by Gasteiger charge is 2.16. The molecule has 3 rings (SSSR count). The van der Waals surface area contributed by atoms with Gasteiger partial charge in [0.2, 0.25) is 0 Å². The number of ether oxygens (including phenoxy) is 1. The number of aromatic nitrogens is 1. The van der Waals surface area contributed by atoms with Crippen molar-refractivity contribution in [2.75, 3.05) is 17.7 Å². The molecule has 2 N–H and O–H groups in total. The third-order valence-electron chi connectivity index (χ3n) is 3.80. The van der Waals surface area contributed by atoms with Crippen molar-refractivity contribution in [3.05, 3.63) is 70.6 Å². The Bertz CT molecular complexity index is 837. The van der Waals surface area contributed by atoms with Gasteiger partial charge in [0.05, 0.1) is 6.61 Å². The van der Waals surface area contributed by atoms with Gasteiger partial charge in [-0.1, -0.05) is 12.1 Å². The highest BCUT2D eigenvalue weighted by Crippen LogP contribution is 2.20. The normalized spacial score (nSPS) is 13.3. The maximum Gasteiger partial charge on any atom is 0.291 e. The molecule has 0 fully saturated rings. The smallest absolute Gasteiger partial charge is 0.291 e. The van der Waals surface area contributed by atoms with Gasteiger partial charge in [-0.3, -0.25) is 14.6 Å². The predicted octanol–water partition coefficient (Wildman–Crippen LogP) is 2.86. The fourth-order valence-corrected chi connectivity index (χ4v) is 2.98. The van der Waals surface area contributed by atoms with Crippen molar-refractivity contribution in [3.8, 4) is 0 Å². The summed E-state index contributed by atoms with van der Waals surface area (Å²) in [6.07, 6.45) is 3.39. The van der Waals surface area contributed by atoms with E-state index in [1.807, 2.05) is 19.1 Å². The lowest BCUT2D eigenvalue weighted by Crippen LogP contribution is -2.23. The summed E-state index contributed by atoms with van der Waals surface area (Å²) >= 11 is 1.54. The molecule has 26 heavy (non-hydrogen) atoms. The second-order valence-corrected chi connectivity index (χ2v) is 6.71. The molecule has 0 saturated heterocycles. The zero-order valence-corrected chi connectivity index (χ0v) is 15.1. The molecule has 1 aliphatic rings. The summed E-state index contributed by atoms with van der Waals surface area (Å²) < 4.78 is 5.36. The minimum absolute atomic E-state index is 0.215. The minimum atomic E-state index is -0.312. The molecule has 0 unspecified atom stereocenters. The van der Waals surface area contributed by atoms with Crippen molar-refractivity contribution in [2.24, 2.45) is 0 Å². The predicted molar refractivity (Wildman–Crippen MR) is 102 cm³/mol. The van der Waals surface area contributed by atoms with E-state index in [2.05, 4.69) is 15.6 Å². The SMILES string of the molecule is Cc1ccc(C(=O)NCc2cccnc2)cc1NC(=O)C1=CSCCO1. The van der Waals surface area contributed by atoms with Crippen molar-refractivity contribution < 1.29 is 14.3 Å². The highest BCUT2D eigenvalue weighted by atomic mass is 32.2. The van der Waals surface area contributed by atoms with Gasteiger partial charge in [-0.2, -0.15) is 0 Å². The summed E-state index contributed by atoms with van der Waals surface area (Å²) in [5.74, 6) is 0.607. The largest absolute Gasteiger partial charge is 0.487 e. The van der Waals surface area contributed by atoms with E-state index >= 15 is 0 Å². The Morgan fingerprint density at radius 2 is 2.15 bits per heavy atom. The quantitative estimate of drug-likeness (QED) is 0.847. The standard InChI is InChI=1S/C19H19N3O3S/c1-13-4-5-15(18(23)21-11-14-3-2-6-20-10-14)9-16(13)22-19(24)17-12-26-8-7-25-17/h2-6,9-10,12H,7-8,11H2,1H3,(H,21,23)(H,22,24). The number of aryl methyl sites for hydroxylation is 1. The molecule has 0 bridgehead atoms. The Morgan fingerprint density at radius 1 is 1.27 bits per heavy atom. The van der Waals surface area contributed by atoms with E-state index in [0.29, 0.717) is 30.2 Å². The number of hydrogen-bond acceptors (Lipinski definition) is 5. The van der Waals surface area contributed by atoms with Crippen LogP contribution < -0.4 is 10.6 Å². The van der Waals surface area contributed by atoms with Gasteiger partial charge in [-0.05, 0) is 36.2 Å². The van der Waals surface area contributed by atoms with Crippen LogP contribution in [0.4, 0.5) is 5.69 Å². The first kappa shape index (κ1) is 18.0. The van der Waals surface area contributed by atoms with Crippen LogP contribution in [0, 0.1) is 6.92 Å². The summed E-state index contributed by atoms with van der Waals surface area (Å²) in [5.41, 5.74) is 2.85. The van der Waals surface area contributed by atoms with E-state index in [9.17, 15) is 9.59 Å². The summed E-state index contributed by atoms with van der Waals surface area (Å²) in [6.45, 7) is 2.78. The molecule has 2 heterocycles. The fourth-order valence-electron chi connectivity index (χ4n) is 2.36. The molecule has 1 aromatic heterocycles. The molecule has 0 saturated carbocycles. The Morgan fingerprint density at radius 3 is 2.88 bits per heavy atom. The Hall–Kier alpha value is -2.80. The molecule has 6 nitrogen and oxygen atoms in total. The van der Waals surface area contributed by atoms with Crippen LogP contribution in [0.15, 0.2) is 53.9 Å². The number of benzene rings is 1. The van der Waals surface area contributed by atoms with Crippen LogP contribution in [0.5, 0.6) is 0 Å². The van der Waals surface area contributed by atoms with Gasteiger partial charge in [0.15, 0.2) is 5.76 Å². The van der Waals surface area contributed by atoms with Gasteiger partial charge in [0, 0.05) is 41.4 Å². The van der Waals surface area contributed by atoms with Gasteiger partial charge < -0.3 is 15.4 Å². The van der Waals surface area contributed by atoms with Crippen LogP contribution in [-0.2, 0) is 16.1 Å². The summed E-state index contributed by atoms with van der Waals surface area (Å²) in [6, 6.07) is 8.92. The monoisotopic (exact) mass is 369 g/mol. The van der Waals surface area contributed by atoms with Crippen molar-refractivity contribution in [3.63, 3.8) is 0 Å². The third kappa shape index (κ3) is 4.64. The van der Waals surface area contributed by atoms with Crippen LogP contribution in [-0.4, -0.2) is 29.2 Å². The molecule has 7 heteroatoms. The number of anilines is 1. The number of nitrogens with one attached hydrogen (secondary N) is 2. The van der Waals surface area contributed by atoms with Crippen molar-refractivity contribution in [1.29, 1.82) is 0 Å². The Kier molecular flexibility index (Phi) is 5.91. The van der Waals surface area contributed by atoms with Crippen LogP contribution in [0.2, 0.25) is 0 Å². The van der Waals surface area contributed by atoms with Gasteiger partial charge in [-0.25, -0.2) is 0 Å². The van der Waals surface area contributed by atoms with E-state index in [1.54, 1.807) is 47.8 Å². The van der Waals surface area contributed by atoms with E-state index in [0.717, 1.165) is 16.9 Å². The minimum Gasteiger partial charge on any atom is -0.487 e. The summed E-state index contributed by atoms with van der Waals surface area (Å²) in [7, 11) is 0. The van der Waals surface area contributed by atoms with E-state index in [1.165, 1.54) is 0 Å². The number of thioether (sulfide) groups is 1. The van der Waals surface area contributed by atoms with E-state index < -0.39 is 0 Å². The summed E-state index contributed by atoms with van der Waals surface area (Å²) in [5, 5.41) is 7.37. The molecular weight excluding hydrogens is 350 g/mol. The molecule has 0 atom stereocenters. The molecule has 2 aromatic rings. The topological polar surface area (TPSA) is 80.3 Å². The van der Waals surface area contributed by atoms with Gasteiger partial charge in [0.25, 0.3) is 11.8 Å². The molecule has 0 spiro atoms. The highest BCUT2D eigenvalue weighted by molar-refractivity contribution is 8.02. The molecule has 0 aliphatic carbocycles. The van der Waals surface area contributed by atoms with Gasteiger partial charge >= 0.3 is 0 Å². The second-order valence-electron chi connectivity index (χ2n) is 5.73. The molecule has 2 amide bonds. The zero-order chi connectivity index (χ0) is 18.4. The average Bonchev–Trinajstić information content (AvgIpc) is 2.69. The van der Waals surface area contributed by atoms with E-state index in [4.69, 9.17) is 4.74 Å². The molecule has 1 aliphatic heterocycles. The number of hydrogen-bond donors (Lipinski definition) is 2. The van der Waals surface area contributed by atoms with E-state index in [-0.39, 0.29) is 11.8 Å². The molecule has 134 valence electrons. The average molecular weight is 369 g/mol. The maximum absolute atomic E-state index is 12.4. The van der Waals surface area contributed by atoms with Crippen LogP contribution in [0.3, 0.4) is 0 Å². The van der Waals surface area contributed by atoms with Crippen LogP contribution >= 0.6 is 11.8 Å². The number of amides is 2. The molecular formula is C19H19N3O3S. The lowest BCUT2D eigenvalue weighted by molar-refractivity contribution is -0.116. The number of carbonyl (C=O) groups is 2. The van der Waals surface area contributed by atoms with Gasteiger partial charge in [0.1, 0.15) is 0 Å². The maximum atomic E-state index is 12.4. The second kappa shape index (κ2) is 8.53. The summed E-state index contributed by atoms with van der Waals surface area (Å²) in [4.78, 5) is 28.7. The number of rotatable bonds is 5. The van der Waals surface area contributed by atoms with Crippen LogP contribution in [0.1, 0.15) is 21.5 Å². The first-order valence-corrected chi connectivity index (χ1v) is 9.22. The number of nitrogens with zero attached hydrogens (tertiary/aromatic N) is 1. The number of carbonyl (C=O) groups excluding carboxylic acids is 2. The van der Waals surface area contributed by atoms with Crippen molar-refractivity contribution in [1.82, 2.24) is 10.3 Å². The first-order valence-electron chi connectivity index (χ1n) is 8.17.